The lowest BCUT2D eigenvalue weighted by Gasteiger charge is -2.06. The van der Waals surface area contributed by atoms with Crippen molar-refractivity contribution in [3.8, 4) is 5.75 Å². The van der Waals surface area contributed by atoms with Crippen LogP contribution in [0, 0.1) is 0 Å². The van der Waals surface area contributed by atoms with E-state index in [1.807, 2.05) is 32.2 Å². The number of fused-ring (bicyclic) bond motifs is 1. The maximum Gasteiger partial charge on any atom is 0.125 e. The molecule has 2 rings (SSSR count). The Bertz CT molecular complexity index is 460. The van der Waals surface area contributed by atoms with Crippen LogP contribution in [0.25, 0.3) is 10.9 Å². The van der Waals surface area contributed by atoms with Crippen LogP contribution < -0.4 is 0 Å². The Balaban J connectivity index is 2.35. The molecule has 0 unspecified atom stereocenters. The molecule has 1 aromatic carbocycles. The van der Waals surface area contributed by atoms with Gasteiger partial charge in [-0.3, -0.25) is 0 Å². The van der Waals surface area contributed by atoms with Gasteiger partial charge in [-0.25, -0.2) is 0 Å². The van der Waals surface area contributed by atoms with Crippen molar-refractivity contribution in [2.75, 3.05) is 0 Å². The third-order valence-electron chi connectivity index (χ3n) is 2.34. The molecule has 0 aliphatic heterocycles. The molecule has 0 aliphatic carbocycles. The van der Waals surface area contributed by atoms with Crippen molar-refractivity contribution < 1.29 is 9.84 Å². The van der Waals surface area contributed by atoms with E-state index in [1.165, 1.54) is 0 Å². The molecule has 0 amide bonds. The zero-order valence-corrected chi connectivity index (χ0v) is 8.95. The second kappa shape index (κ2) is 3.95. The minimum atomic E-state index is 0.195. The molecule has 0 saturated carbocycles. The molecule has 2 aromatic rings. The standard InChI is InChI=1S/C12H15NO2/c1-8(2)15-7-9-6-13-10-4-3-5-11(14)12(9)10/h3-6,8,13-14H,7H2,1-2H3. The number of hydrogen-bond acceptors (Lipinski definition) is 2. The second-order valence-corrected chi connectivity index (χ2v) is 3.87. The van der Waals surface area contributed by atoms with Gasteiger partial charge in [0.25, 0.3) is 0 Å². The molecule has 3 nitrogen and oxygen atoms in total. The maximum absolute atomic E-state index is 9.73. The normalized spacial score (nSPS) is 11.4. The van der Waals surface area contributed by atoms with Gasteiger partial charge in [-0.15, -0.1) is 0 Å². The molecule has 3 heteroatoms. The van der Waals surface area contributed by atoms with E-state index in [9.17, 15) is 5.11 Å². The highest BCUT2D eigenvalue weighted by molar-refractivity contribution is 5.88. The lowest BCUT2D eigenvalue weighted by atomic mass is 10.1. The number of benzene rings is 1. The summed E-state index contributed by atoms with van der Waals surface area (Å²) in [5, 5.41) is 10.6. The van der Waals surface area contributed by atoms with Crippen molar-refractivity contribution in [1.82, 2.24) is 4.98 Å². The van der Waals surface area contributed by atoms with Crippen LogP contribution in [0.3, 0.4) is 0 Å². The fraction of sp³-hybridized carbons (Fsp3) is 0.333. The summed E-state index contributed by atoms with van der Waals surface area (Å²) in [6.45, 7) is 4.51. The fourth-order valence-electron chi connectivity index (χ4n) is 1.61. The molecule has 15 heavy (non-hydrogen) atoms. The smallest absolute Gasteiger partial charge is 0.125 e. The molecule has 0 bridgehead atoms. The third kappa shape index (κ3) is 1.97. The Labute approximate surface area is 88.7 Å². The largest absolute Gasteiger partial charge is 0.507 e. The number of phenolic OH excluding ortho intramolecular Hbond substituents is 1. The minimum Gasteiger partial charge on any atom is -0.507 e. The monoisotopic (exact) mass is 205 g/mol. The molecule has 0 aliphatic rings. The van der Waals surface area contributed by atoms with Crippen LogP contribution in [0.2, 0.25) is 0 Å². The number of H-pyrrole nitrogens is 1. The first-order chi connectivity index (χ1) is 7.18. The average molecular weight is 205 g/mol. The lowest BCUT2D eigenvalue weighted by molar-refractivity contribution is 0.0663. The molecule has 0 spiro atoms. The van der Waals surface area contributed by atoms with Crippen LogP contribution >= 0.6 is 0 Å². The Morgan fingerprint density at radius 3 is 2.93 bits per heavy atom. The van der Waals surface area contributed by atoms with Crippen molar-refractivity contribution in [2.45, 2.75) is 26.6 Å². The van der Waals surface area contributed by atoms with Crippen LogP contribution in [0.4, 0.5) is 0 Å². The lowest BCUT2D eigenvalue weighted by Crippen LogP contribution is -2.01. The first-order valence-corrected chi connectivity index (χ1v) is 5.08. The molecule has 1 aromatic heterocycles. The first kappa shape index (κ1) is 10.1. The predicted molar refractivity (Wildman–Crippen MR) is 59.9 cm³/mol. The number of nitrogens with one attached hydrogen (secondary N) is 1. The van der Waals surface area contributed by atoms with E-state index in [0.717, 1.165) is 16.5 Å². The van der Waals surface area contributed by atoms with Crippen LogP contribution in [0.15, 0.2) is 24.4 Å². The van der Waals surface area contributed by atoms with Crippen molar-refractivity contribution in [2.24, 2.45) is 0 Å². The predicted octanol–water partition coefficient (Wildman–Crippen LogP) is 2.80. The highest BCUT2D eigenvalue weighted by Crippen LogP contribution is 2.27. The summed E-state index contributed by atoms with van der Waals surface area (Å²) in [4.78, 5) is 3.11. The Hall–Kier alpha value is -1.48. The van der Waals surface area contributed by atoms with Gasteiger partial charge in [-0.2, -0.15) is 0 Å². The van der Waals surface area contributed by atoms with E-state index < -0.39 is 0 Å². The van der Waals surface area contributed by atoms with Crippen LogP contribution in [-0.2, 0) is 11.3 Å². The summed E-state index contributed by atoms with van der Waals surface area (Å²) in [5.41, 5.74) is 1.94. The highest BCUT2D eigenvalue weighted by atomic mass is 16.5. The molecule has 1 heterocycles. The molecule has 80 valence electrons. The van der Waals surface area contributed by atoms with E-state index in [4.69, 9.17) is 4.74 Å². The van der Waals surface area contributed by atoms with Gasteiger partial charge >= 0.3 is 0 Å². The summed E-state index contributed by atoms with van der Waals surface area (Å²) in [7, 11) is 0. The Kier molecular flexibility index (Phi) is 2.64. The van der Waals surface area contributed by atoms with E-state index in [0.29, 0.717) is 12.4 Å². The Morgan fingerprint density at radius 2 is 2.20 bits per heavy atom. The van der Waals surface area contributed by atoms with Gasteiger partial charge in [0.1, 0.15) is 5.75 Å². The molecular formula is C12H15NO2. The molecule has 0 radical (unpaired) electrons. The first-order valence-electron chi connectivity index (χ1n) is 5.08. The van der Waals surface area contributed by atoms with Crippen molar-refractivity contribution in [1.29, 1.82) is 0 Å². The maximum atomic E-state index is 9.73. The average Bonchev–Trinajstić information content (AvgIpc) is 2.59. The van der Waals surface area contributed by atoms with Crippen LogP contribution in [-0.4, -0.2) is 16.2 Å². The van der Waals surface area contributed by atoms with Crippen molar-refractivity contribution >= 4 is 10.9 Å². The van der Waals surface area contributed by atoms with Crippen LogP contribution in [0.1, 0.15) is 19.4 Å². The molecule has 0 saturated heterocycles. The molecular weight excluding hydrogens is 190 g/mol. The van der Waals surface area contributed by atoms with Crippen molar-refractivity contribution in [3.63, 3.8) is 0 Å². The highest BCUT2D eigenvalue weighted by Gasteiger charge is 2.08. The topological polar surface area (TPSA) is 45.2 Å². The fourth-order valence-corrected chi connectivity index (χ4v) is 1.61. The van der Waals surface area contributed by atoms with E-state index in [2.05, 4.69) is 4.98 Å². The number of phenols is 1. The SMILES string of the molecule is CC(C)OCc1c[nH]c2cccc(O)c12. The number of ether oxygens (including phenoxy) is 1. The molecule has 2 N–H and O–H groups in total. The van der Waals surface area contributed by atoms with Gasteiger partial charge in [0.15, 0.2) is 0 Å². The van der Waals surface area contributed by atoms with Crippen LogP contribution in [0.5, 0.6) is 5.75 Å². The quantitative estimate of drug-likeness (QED) is 0.809. The summed E-state index contributed by atoms with van der Waals surface area (Å²) in [6.07, 6.45) is 2.08. The second-order valence-electron chi connectivity index (χ2n) is 3.87. The van der Waals surface area contributed by atoms with Gasteiger partial charge in [0.2, 0.25) is 0 Å². The van der Waals surface area contributed by atoms with Crippen molar-refractivity contribution in [3.05, 3.63) is 30.0 Å². The number of aromatic amines is 1. The summed E-state index contributed by atoms with van der Waals surface area (Å²) < 4.78 is 5.52. The number of hydrogen-bond donors (Lipinski definition) is 2. The van der Waals surface area contributed by atoms with Gasteiger partial charge in [-0.1, -0.05) is 6.07 Å². The zero-order chi connectivity index (χ0) is 10.8. The number of rotatable bonds is 3. The minimum absolute atomic E-state index is 0.195. The van der Waals surface area contributed by atoms with E-state index in [-0.39, 0.29) is 6.10 Å². The van der Waals surface area contributed by atoms with Gasteiger partial charge in [-0.05, 0) is 26.0 Å². The molecule has 0 fully saturated rings. The Morgan fingerprint density at radius 1 is 1.40 bits per heavy atom. The van der Waals surface area contributed by atoms with Gasteiger partial charge in [0, 0.05) is 22.7 Å². The van der Waals surface area contributed by atoms with Gasteiger partial charge in [0.05, 0.1) is 12.7 Å². The van der Waals surface area contributed by atoms with E-state index >= 15 is 0 Å². The zero-order valence-electron chi connectivity index (χ0n) is 8.95. The van der Waals surface area contributed by atoms with Gasteiger partial charge < -0.3 is 14.8 Å². The summed E-state index contributed by atoms with van der Waals surface area (Å²) in [5.74, 6) is 0.302. The number of aromatic nitrogens is 1. The van der Waals surface area contributed by atoms with E-state index in [1.54, 1.807) is 6.07 Å². The number of aromatic hydroxyl groups is 1. The third-order valence-corrected chi connectivity index (χ3v) is 2.34. The molecule has 0 atom stereocenters. The summed E-state index contributed by atoms with van der Waals surface area (Å²) in [6, 6.07) is 5.45. The summed E-state index contributed by atoms with van der Waals surface area (Å²) >= 11 is 0.